The van der Waals surface area contributed by atoms with Crippen molar-refractivity contribution < 1.29 is 0 Å². The molecule has 1 aromatic heterocycles. The van der Waals surface area contributed by atoms with Crippen LogP contribution in [0.5, 0.6) is 0 Å². The van der Waals surface area contributed by atoms with Gasteiger partial charge in [0.25, 0.3) is 0 Å². The summed E-state index contributed by atoms with van der Waals surface area (Å²) in [7, 11) is 6.16. The Morgan fingerprint density at radius 3 is 3.05 bits per heavy atom. The van der Waals surface area contributed by atoms with Crippen LogP contribution in [-0.4, -0.2) is 68.2 Å². The Bertz CT molecular complexity index is 394. The largest absolute Gasteiger partial charge is 0.370 e. The first kappa shape index (κ1) is 14.0. The quantitative estimate of drug-likeness (QED) is 0.795. The highest BCUT2D eigenvalue weighted by Gasteiger charge is 2.17. The minimum Gasteiger partial charge on any atom is -0.370 e. The van der Waals surface area contributed by atoms with Crippen molar-refractivity contribution in [3.05, 3.63) is 12.4 Å². The van der Waals surface area contributed by atoms with Crippen molar-refractivity contribution in [2.24, 2.45) is 0 Å². The van der Waals surface area contributed by atoms with Gasteiger partial charge >= 0.3 is 0 Å². The molecule has 6 heteroatoms. The van der Waals surface area contributed by atoms with E-state index in [0.717, 1.165) is 44.2 Å². The Hall–Kier alpha value is -1.40. The molecule has 0 aliphatic carbocycles. The molecule has 1 unspecified atom stereocenters. The Labute approximate surface area is 115 Å². The normalized spacial score (nSPS) is 20.3. The summed E-state index contributed by atoms with van der Waals surface area (Å²) >= 11 is 0. The molecule has 0 radical (unpaired) electrons. The molecular weight excluding hydrogens is 240 g/mol. The first-order valence-electron chi connectivity index (χ1n) is 6.81. The van der Waals surface area contributed by atoms with E-state index in [4.69, 9.17) is 0 Å². The smallest absolute Gasteiger partial charge is 0.133 e. The molecule has 2 rings (SSSR count). The molecule has 0 spiro atoms. The highest BCUT2D eigenvalue weighted by molar-refractivity contribution is 5.47. The Kier molecular flexibility index (Phi) is 4.93. The van der Waals surface area contributed by atoms with Crippen LogP contribution in [0, 0.1) is 0 Å². The van der Waals surface area contributed by atoms with Crippen LogP contribution in [0.1, 0.15) is 6.42 Å². The lowest BCUT2D eigenvalue weighted by atomic mass is 10.1. The first-order chi connectivity index (χ1) is 9.16. The second kappa shape index (κ2) is 6.68. The molecule has 2 heterocycles. The van der Waals surface area contributed by atoms with Crippen molar-refractivity contribution in [3.8, 4) is 0 Å². The van der Waals surface area contributed by atoms with Gasteiger partial charge in [0.15, 0.2) is 0 Å². The fourth-order valence-electron chi connectivity index (χ4n) is 2.24. The molecule has 1 aromatic rings. The third-order valence-corrected chi connectivity index (χ3v) is 3.54. The number of rotatable bonds is 5. The molecule has 1 saturated heterocycles. The standard InChI is InChI=1S/C13H24N6/c1-18(2)13-8-12(16-10-17-13)15-5-4-11-9-14-6-7-19(11)3/h8,10-11,14H,4-7,9H2,1-3H3,(H,15,16,17). The number of nitrogens with zero attached hydrogens (tertiary/aromatic N) is 4. The van der Waals surface area contributed by atoms with Gasteiger partial charge in [-0.1, -0.05) is 0 Å². The molecule has 2 N–H and O–H groups in total. The summed E-state index contributed by atoms with van der Waals surface area (Å²) in [5.74, 6) is 1.82. The zero-order valence-corrected chi connectivity index (χ0v) is 12.1. The molecule has 1 aliphatic heterocycles. The third-order valence-electron chi connectivity index (χ3n) is 3.54. The fraction of sp³-hybridized carbons (Fsp3) is 0.692. The molecule has 1 fully saturated rings. The third kappa shape index (κ3) is 4.04. The number of anilines is 2. The molecule has 19 heavy (non-hydrogen) atoms. The summed E-state index contributed by atoms with van der Waals surface area (Å²) in [6, 6.07) is 2.58. The van der Waals surface area contributed by atoms with E-state index < -0.39 is 0 Å². The van der Waals surface area contributed by atoms with Gasteiger partial charge < -0.3 is 20.4 Å². The Morgan fingerprint density at radius 2 is 2.32 bits per heavy atom. The molecule has 1 atom stereocenters. The van der Waals surface area contributed by atoms with Crippen LogP contribution in [0.2, 0.25) is 0 Å². The molecule has 0 bridgehead atoms. The van der Waals surface area contributed by atoms with Crippen LogP contribution in [0.3, 0.4) is 0 Å². The summed E-state index contributed by atoms with van der Waals surface area (Å²) in [6.45, 7) is 4.23. The predicted molar refractivity (Wildman–Crippen MR) is 78.8 cm³/mol. The molecule has 1 aliphatic rings. The van der Waals surface area contributed by atoms with Gasteiger partial charge in [-0.05, 0) is 13.5 Å². The van der Waals surface area contributed by atoms with E-state index >= 15 is 0 Å². The molecule has 0 amide bonds. The number of piperazine rings is 1. The van der Waals surface area contributed by atoms with Gasteiger partial charge in [0, 0.05) is 52.4 Å². The van der Waals surface area contributed by atoms with E-state index in [-0.39, 0.29) is 0 Å². The maximum absolute atomic E-state index is 4.25. The average Bonchev–Trinajstić information content (AvgIpc) is 2.41. The second-order valence-electron chi connectivity index (χ2n) is 5.21. The predicted octanol–water partition coefficient (Wildman–Crippen LogP) is 0.248. The minimum absolute atomic E-state index is 0.608. The van der Waals surface area contributed by atoms with Crippen molar-refractivity contribution in [1.29, 1.82) is 0 Å². The van der Waals surface area contributed by atoms with Gasteiger partial charge in [0.2, 0.25) is 0 Å². The van der Waals surface area contributed by atoms with Crippen molar-refractivity contribution in [2.45, 2.75) is 12.5 Å². The van der Waals surface area contributed by atoms with Crippen LogP contribution in [0.25, 0.3) is 0 Å². The SMILES string of the molecule is CN(C)c1cc(NCCC2CNCCN2C)ncn1. The Morgan fingerprint density at radius 1 is 1.47 bits per heavy atom. The van der Waals surface area contributed by atoms with Crippen LogP contribution in [-0.2, 0) is 0 Å². The van der Waals surface area contributed by atoms with E-state index in [9.17, 15) is 0 Å². The van der Waals surface area contributed by atoms with E-state index in [0.29, 0.717) is 6.04 Å². The topological polar surface area (TPSA) is 56.3 Å². The Balaban J connectivity index is 1.80. The molecular formula is C13H24N6. The minimum atomic E-state index is 0.608. The molecule has 6 nitrogen and oxygen atoms in total. The van der Waals surface area contributed by atoms with E-state index in [2.05, 4.69) is 32.5 Å². The van der Waals surface area contributed by atoms with Crippen molar-refractivity contribution in [2.75, 3.05) is 57.5 Å². The summed E-state index contributed by atoms with van der Waals surface area (Å²) in [5, 5.41) is 6.81. The van der Waals surface area contributed by atoms with Crippen LogP contribution >= 0.6 is 0 Å². The van der Waals surface area contributed by atoms with Crippen molar-refractivity contribution in [1.82, 2.24) is 20.2 Å². The maximum Gasteiger partial charge on any atom is 0.133 e. The van der Waals surface area contributed by atoms with Crippen LogP contribution < -0.4 is 15.5 Å². The van der Waals surface area contributed by atoms with E-state index in [1.807, 2.05) is 25.1 Å². The van der Waals surface area contributed by atoms with Gasteiger partial charge in [-0.15, -0.1) is 0 Å². The lowest BCUT2D eigenvalue weighted by Gasteiger charge is -2.33. The first-order valence-corrected chi connectivity index (χ1v) is 6.81. The maximum atomic E-state index is 4.25. The van der Waals surface area contributed by atoms with E-state index in [1.165, 1.54) is 0 Å². The van der Waals surface area contributed by atoms with Gasteiger partial charge in [-0.3, -0.25) is 0 Å². The van der Waals surface area contributed by atoms with Crippen molar-refractivity contribution >= 4 is 11.6 Å². The van der Waals surface area contributed by atoms with E-state index in [1.54, 1.807) is 6.33 Å². The lowest BCUT2D eigenvalue weighted by molar-refractivity contribution is 0.194. The van der Waals surface area contributed by atoms with Crippen LogP contribution in [0.15, 0.2) is 12.4 Å². The number of nitrogens with one attached hydrogen (secondary N) is 2. The number of hydrogen-bond acceptors (Lipinski definition) is 6. The summed E-state index contributed by atoms with van der Waals surface area (Å²) in [4.78, 5) is 12.8. The number of aromatic nitrogens is 2. The van der Waals surface area contributed by atoms with Crippen LogP contribution in [0.4, 0.5) is 11.6 Å². The molecule has 106 valence electrons. The van der Waals surface area contributed by atoms with Crippen molar-refractivity contribution in [3.63, 3.8) is 0 Å². The van der Waals surface area contributed by atoms with Gasteiger partial charge in [0.05, 0.1) is 0 Å². The zero-order chi connectivity index (χ0) is 13.7. The fourth-order valence-corrected chi connectivity index (χ4v) is 2.24. The van der Waals surface area contributed by atoms with Gasteiger partial charge in [-0.25, -0.2) is 9.97 Å². The lowest BCUT2D eigenvalue weighted by Crippen LogP contribution is -2.49. The summed E-state index contributed by atoms with van der Waals surface area (Å²) in [5.41, 5.74) is 0. The summed E-state index contributed by atoms with van der Waals surface area (Å²) in [6.07, 6.45) is 2.72. The average molecular weight is 264 g/mol. The molecule has 0 saturated carbocycles. The summed E-state index contributed by atoms with van der Waals surface area (Å²) < 4.78 is 0. The van der Waals surface area contributed by atoms with Gasteiger partial charge in [-0.2, -0.15) is 0 Å². The van der Waals surface area contributed by atoms with Gasteiger partial charge in [0.1, 0.15) is 18.0 Å². The number of likely N-dealkylation sites (N-methyl/N-ethyl adjacent to an activating group) is 1. The molecule has 0 aromatic carbocycles. The zero-order valence-electron chi connectivity index (χ0n) is 12.1. The monoisotopic (exact) mass is 264 g/mol. The number of hydrogen-bond donors (Lipinski definition) is 2. The second-order valence-corrected chi connectivity index (χ2v) is 5.21. The highest BCUT2D eigenvalue weighted by Crippen LogP contribution is 2.11. The highest BCUT2D eigenvalue weighted by atomic mass is 15.2.